The van der Waals surface area contributed by atoms with E-state index in [0.717, 1.165) is 94.2 Å². The van der Waals surface area contributed by atoms with Crippen LogP contribution in [-0.2, 0) is 0 Å². The summed E-state index contributed by atoms with van der Waals surface area (Å²) in [6.07, 6.45) is 0. The van der Waals surface area contributed by atoms with Gasteiger partial charge in [0.25, 0.3) is 0 Å². The molecule has 0 spiro atoms. The number of benzene rings is 9. The molecule has 4 nitrogen and oxygen atoms in total. The van der Waals surface area contributed by atoms with Crippen LogP contribution in [0.1, 0.15) is 101 Å². The highest BCUT2D eigenvalue weighted by atomic mass is 16.3. The Balaban J connectivity index is 1.00. The van der Waals surface area contributed by atoms with Crippen LogP contribution in [-0.4, -0.2) is 0 Å². The smallest absolute Gasteiger partial charge is 0.147 e. The zero-order valence-electron chi connectivity index (χ0n) is 39.2. The number of nitrogens with zero attached hydrogens (tertiary/aromatic N) is 2. The third kappa shape index (κ3) is 7.26. The van der Waals surface area contributed by atoms with Crippen molar-refractivity contribution in [3.05, 3.63) is 192 Å². The first-order chi connectivity index (χ1) is 32.0. The minimum absolute atomic E-state index is 0.465. The van der Waals surface area contributed by atoms with E-state index in [2.05, 4.69) is 235 Å². The molecule has 0 saturated carbocycles. The standard InChI is InChI=1S/C62H56N2O2/c1-37(2)41-9-19-49(20-10-41)63(50-21-11-42(12-22-50)38(3)4)53-27-17-45-33-56-55-29-30-58-61(62(55)66-59(56)35-47(45)31-53)57-34-46-18-28-54(32-48(46)36-60(57)65-58)64(51-23-13-43(14-24-51)39(5)6)52-25-15-44(16-26-52)40(7)8/h9-40H,1-8H3. The van der Waals surface area contributed by atoms with Crippen LogP contribution in [0.15, 0.2) is 179 Å². The summed E-state index contributed by atoms with van der Waals surface area (Å²) in [7, 11) is 0. The molecular weight excluding hydrogens is 805 g/mol. The van der Waals surface area contributed by atoms with Gasteiger partial charge in [-0.1, -0.05) is 116 Å². The van der Waals surface area contributed by atoms with Gasteiger partial charge in [0.05, 0.1) is 5.39 Å². The van der Waals surface area contributed by atoms with Gasteiger partial charge in [0.1, 0.15) is 22.3 Å². The molecule has 2 heterocycles. The molecule has 2 aromatic heterocycles. The van der Waals surface area contributed by atoms with Gasteiger partial charge < -0.3 is 18.6 Å². The molecule has 0 aliphatic heterocycles. The van der Waals surface area contributed by atoms with E-state index in [0.29, 0.717) is 23.7 Å². The highest BCUT2D eigenvalue weighted by Gasteiger charge is 2.21. The van der Waals surface area contributed by atoms with Gasteiger partial charge in [-0.2, -0.15) is 0 Å². The lowest BCUT2D eigenvalue weighted by Crippen LogP contribution is -2.10. The van der Waals surface area contributed by atoms with Crippen LogP contribution >= 0.6 is 0 Å². The maximum atomic E-state index is 6.91. The number of anilines is 6. The van der Waals surface area contributed by atoms with E-state index in [-0.39, 0.29) is 0 Å². The number of rotatable bonds is 10. The fourth-order valence-corrected chi connectivity index (χ4v) is 9.76. The molecule has 326 valence electrons. The second kappa shape index (κ2) is 16.3. The van der Waals surface area contributed by atoms with E-state index in [1.165, 1.54) is 27.6 Å². The first-order valence-corrected chi connectivity index (χ1v) is 23.7. The van der Waals surface area contributed by atoms with E-state index in [4.69, 9.17) is 8.83 Å². The van der Waals surface area contributed by atoms with Gasteiger partial charge in [-0.15, -0.1) is 0 Å². The van der Waals surface area contributed by atoms with Crippen LogP contribution < -0.4 is 9.80 Å². The summed E-state index contributed by atoms with van der Waals surface area (Å²) >= 11 is 0. The lowest BCUT2D eigenvalue weighted by Gasteiger charge is -2.26. The molecule has 0 bridgehead atoms. The van der Waals surface area contributed by atoms with Gasteiger partial charge >= 0.3 is 0 Å². The normalized spacial score (nSPS) is 12.2. The molecule has 0 fully saturated rings. The number of furan rings is 2. The summed E-state index contributed by atoms with van der Waals surface area (Å²) in [6, 6.07) is 62.7. The van der Waals surface area contributed by atoms with Crippen molar-refractivity contribution in [1.82, 2.24) is 0 Å². The van der Waals surface area contributed by atoms with Crippen molar-refractivity contribution < 1.29 is 8.83 Å². The largest absolute Gasteiger partial charge is 0.456 e. The lowest BCUT2D eigenvalue weighted by atomic mass is 10.0. The molecule has 11 aromatic rings. The molecule has 0 radical (unpaired) electrons. The minimum Gasteiger partial charge on any atom is -0.456 e. The highest BCUT2D eigenvalue weighted by Crippen LogP contribution is 2.44. The van der Waals surface area contributed by atoms with Crippen molar-refractivity contribution in [2.45, 2.75) is 79.1 Å². The Labute approximate surface area is 387 Å². The van der Waals surface area contributed by atoms with Crippen molar-refractivity contribution in [3.63, 3.8) is 0 Å². The quantitative estimate of drug-likeness (QED) is 0.137. The molecule has 66 heavy (non-hydrogen) atoms. The predicted molar refractivity (Wildman–Crippen MR) is 282 cm³/mol. The van der Waals surface area contributed by atoms with Crippen LogP contribution in [0.4, 0.5) is 34.1 Å². The zero-order valence-corrected chi connectivity index (χ0v) is 39.2. The molecule has 0 N–H and O–H groups in total. The Morgan fingerprint density at radius 2 is 0.652 bits per heavy atom. The molecular formula is C62H56N2O2. The summed E-state index contributed by atoms with van der Waals surface area (Å²) in [5.74, 6) is 1.86. The lowest BCUT2D eigenvalue weighted by molar-refractivity contribution is 0.663. The molecule has 0 amide bonds. The summed E-state index contributed by atoms with van der Waals surface area (Å²) in [6.45, 7) is 17.9. The molecule has 0 aliphatic carbocycles. The SMILES string of the molecule is CC(C)c1ccc(N(c2ccc(C(C)C)cc2)c2ccc3cc4c(cc3c2)oc2c4ccc3oc4cc5cc(N(c6ccc(C(C)C)cc6)c6ccc(C(C)C)cc6)ccc5cc4c32)cc1. The maximum Gasteiger partial charge on any atom is 0.147 e. The fourth-order valence-electron chi connectivity index (χ4n) is 9.76. The number of hydrogen-bond donors (Lipinski definition) is 0. The average molecular weight is 861 g/mol. The van der Waals surface area contributed by atoms with Crippen molar-refractivity contribution in [1.29, 1.82) is 0 Å². The van der Waals surface area contributed by atoms with E-state index in [1.807, 2.05) is 0 Å². The van der Waals surface area contributed by atoms with Crippen molar-refractivity contribution in [2.24, 2.45) is 0 Å². The van der Waals surface area contributed by atoms with E-state index in [9.17, 15) is 0 Å². The molecule has 0 aliphatic rings. The van der Waals surface area contributed by atoms with E-state index < -0.39 is 0 Å². The zero-order chi connectivity index (χ0) is 45.4. The molecule has 0 atom stereocenters. The molecule has 9 aromatic carbocycles. The van der Waals surface area contributed by atoms with Gasteiger partial charge in [0.2, 0.25) is 0 Å². The van der Waals surface area contributed by atoms with Crippen LogP contribution in [0.2, 0.25) is 0 Å². The number of hydrogen-bond acceptors (Lipinski definition) is 4. The molecule has 4 heteroatoms. The number of fused-ring (bicyclic) bond motifs is 9. The van der Waals surface area contributed by atoms with Crippen molar-refractivity contribution in [2.75, 3.05) is 9.80 Å². The Hall–Kier alpha value is -7.30. The second-order valence-electron chi connectivity index (χ2n) is 19.4. The Bertz CT molecular complexity index is 3470. The van der Waals surface area contributed by atoms with Crippen molar-refractivity contribution in [3.8, 4) is 0 Å². The van der Waals surface area contributed by atoms with Crippen LogP contribution in [0.3, 0.4) is 0 Å². The predicted octanol–water partition coefficient (Wildman–Crippen LogP) is 19.2. The first-order valence-electron chi connectivity index (χ1n) is 23.7. The molecule has 0 saturated heterocycles. The Morgan fingerprint density at radius 3 is 1.05 bits per heavy atom. The summed E-state index contributed by atoms with van der Waals surface area (Å²) in [5.41, 5.74) is 15.4. The van der Waals surface area contributed by atoms with Gasteiger partial charge in [0.15, 0.2) is 0 Å². The molecule has 0 unspecified atom stereocenters. The minimum atomic E-state index is 0.465. The second-order valence-corrected chi connectivity index (χ2v) is 19.4. The monoisotopic (exact) mass is 860 g/mol. The summed E-state index contributed by atoms with van der Waals surface area (Å²) in [4.78, 5) is 4.71. The van der Waals surface area contributed by atoms with Gasteiger partial charge in [-0.25, -0.2) is 0 Å². The van der Waals surface area contributed by atoms with Gasteiger partial charge in [0, 0.05) is 50.3 Å². The van der Waals surface area contributed by atoms with Crippen LogP contribution in [0, 0.1) is 0 Å². The highest BCUT2D eigenvalue weighted by molar-refractivity contribution is 6.24. The average Bonchev–Trinajstić information content (AvgIpc) is 3.87. The maximum absolute atomic E-state index is 6.91. The molecule has 11 rings (SSSR count). The fraction of sp³-hybridized carbons (Fsp3) is 0.194. The van der Waals surface area contributed by atoms with Gasteiger partial charge in [-0.3, -0.25) is 0 Å². The topological polar surface area (TPSA) is 32.8 Å². The summed E-state index contributed by atoms with van der Waals surface area (Å²) in [5, 5.41) is 8.79. The summed E-state index contributed by atoms with van der Waals surface area (Å²) < 4.78 is 13.6. The van der Waals surface area contributed by atoms with E-state index in [1.54, 1.807) is 0 Å². The third-order valence-electron chi connectivity index (χ3n) is 13.7. The Kier molecular flexibility index (Phi) is 10.2. The van der Waals surface area contributed by atoms with Gasteiger partial charge in [-0.05, 0) is 177 Å². The van der Waals surface area contributed by atoms with Crippen LogP contribution in [0.25, 0.3) is 65.4 Å². The third-order valence-corrected chi connectivity index (χ3v) is 13.7. The van der Waals surface area contributed by atoms with E-state index >= 15 is 0 Å². The van der Waals surface area contributed by atoms with Crippen molar-refractivity contribution >= 4 is 99.5 Å². The first kappa shape index (κ1) is 41.4. The Morgan fingerprint density at radius 1 is 0.288 bits per heavy atom. The van der Waals surface area contributed by atoms with Crippen LogP contribution in [0.5, 0.6) is 0 Å².